The van der Waals surface area contributed by atoms with E-state index < -0.39 is 12.1 Å². The van der Waals surface area contributed by atoms with Gasteiger partial charge in [-0.25, -0.2) is 0 Å². The fourth-order valence-electron chi connectivity index (χ4n) is 3.45. The predicted octanol–water partition coefficient (Wildman–Crippen LogP) is 1.06. The van der Waals surface area contributed by atoms with Crippen molar-refractivity contribution >= 4 is 17.6 Å². The lowest BCUT2D eigenvalue weighted by Crippen LogP contribution is -2.45. The molecule has 1 aromatic carbocycles. The zero-order chi connectivity index (χ0) is 23.3. The second-order valence-electron chi connectivity index (χ2n) is 7.27. The van der Waals surface area contributed by atoms with Crippen molar-refractivity contribution in [1.82, 2.24) is 10.2 Å². The van der Waals surface area contributed by atoms with E-state index in [0.717, 1.165) is 11.1 Å². The molecule has 3 rings (SSSR count). The third-order valence-corrected chi connectivity index (χ3v) is 5.10. The quantitative estimate of drug-likeness (QED) is 0.591. The molecule has 2 amide bonds. The van der Waals surface area contributed by atoms with Crippen LogP contribution in [0.5, 0.6) is 5.75 Å². The number of nitrogens with one attached hydrogen (secondary N) is 1. The number of carbonyl (C=O) groups is 3. The highest BCUT2D eigenvalue weighted by Crippen LogP contribution is 2.30. The first-order valence-corrected chi connectivity index (χ1v) is 10.1. The zero-order valence-electron chi connectivity index (χ0n) is 17.9. The molecule has 0 fully saturated rings. The Morgan fingerprint density at radius 3 is 2.81 bits per heavy atom. The van der Waals surface area contributed by atoms with E-state index in [1.54, 1.807) is 37.0 Å². The van der Waals surface area contributed by atoms with Crippen molar-refractivity contribution in [3.8, 4) is 11.8 Å². The average molecular weight is 436 g/mol. The number of benzene rings is 1. The lowest BCUT2D eigenvalue weighted by Gasteiger charge is -2.26. The third kappa shape index (κ3) is 5.04. The summed E-state index contributed by atoms with van der Waals surface area (Å²) in [7, 11) is 0. The summed E-state index contributed by atoms with van der Waals surface area (Å²) in [6.45, 7) is 4.01. The van der Waals surface area contributed by atoms with Crippen LogP contribution in [0.15, 0.2) is 53.3 Å². The molecule has 1 aromatic rings. The van der Waals surface area contributed by atoms with Crippen LogP contribution in [0, 0.1) is 11.3 Å². The van der Waals surface area contributed by atoms with Crippen molar-refractivity contribution in [2.75, 3.05) is 19.8 Å². The second kappa shape index (κ2) is 9.94. The number of amides is 2. The molecular weight excluding hydrogens is 412 g/mol. The van der Waals surface area contributed by atoms with Crippen LogP contribution in [0.3, 0.4) is 0 Å². The van der Waals surface area contributed by atoms with Crippen LogP contribution in [0.1, 0.15) is 25.0 Å². The van der Waals surface area contributed by atoms with Crippen LogP contribution < -0.4 is 15.8 Å². The van der Waals surface area contributed by atoms with Crippen LogP contribution in [0.25, 0.3) is 0 Å². The Kier molecular flexibility index (Phi) is 7.07. The van der Waals surface area contributed by atoms with Gasteiger partial charge in [0.2, 0.25) is 6.23 Å². The van der Waals surface area contributed by atoms with Gasteiger partial charge in [0.1, 0.15) is 5.75 Å². The number of nitrogens with zero attached hydrogens (tertiary/aromatic N) is 2. The van der Waals surface area contributed by atoms with Gasteiger partial charge in [-0.1, -0.05) is 6.07 Å². The molecule has 3 N–H and O–H groups in total. The normalized spacial score (nSPS) is 15.7. The monoisotopic (exact) mass is 436 g/mol. The number of allylic oxidation sites excluding steroid dienone is 3. The Balaban J connectivity index is 1.74. The third-order valence-electron chi connectivity index (χ3n) is 5.10. The minimum absolute atomic E-state index is 0.0410. The minimum Gasteiger partial charge on any atom is -0.483 e. The van der Waals surface area contributed by atoms with E-state index in [9.17, 15) is 14.4 Å². The molecule has 0 spiro atoms. The van der Waals surface area contributed by atoms with Crippen molar-refractivity contribution in [3.63, 3.8) is 0 Å². The number of hydrogen-bond donors (Lipinski definition) is 2. The summed E-state index contributed by atoms with van der Waals surface area (Å²) in [6, 6.07) is 6.72. The van der Waals surface area contributed by atoms with E-state index >= 15 is 0 Å². The Hall–Kier alpha value is -3.90. The molecule has 0 aromatic heterocycles. The van der Waals surface area contributed by atoms with E-state index in [2.05, 4.69) is 5.32 Å². The molecule has 0 saturated carbocycles. The summed E-state index contributed by atoms with van der Waals surface area (Å²) in [5.74, 6) is -0.781. The van der Waals surface area contributed by atoms with E-state index in [-0.39, 0.29) is 30.6 Å². The lowest BCUT2D eigenvalue weighted by atomic mass is 9.95. The number of carbonyl (C=O) groups excluding carboxylic acids is 3. The summed E-state index contributed by atoms with van der Waals surface area (Å²) in [5, 5.41) is 11.9. The highest BCUT2D eigenvalue weighted by molar-refractivity contribution is 6.06. The van der Waals surface area contributed by atoms with E-state index in [1.807, 2.05) is 12.3 Å². The van der Waals surface area contributed by atoms with Gasteiger partial charge >= 0.3 is 0 Å². The first kappa shape index (κ1) is 22.8. The van der Waals surface area contributed by atoms with Gasteiger partial charge in [-0.3, -0.25) is 14.4 Å². The zero-order valence-corrected chi connectivity index (χ0v) is 17.9. The standard InChI is InChI=1S/C23H24N4O5/c1-3-31-23(27-11-17-6-7-19(28)14(2)18(17)12-27)22(30)26-10-16-5-4-15(9-24)8-20(16)32-13-21(25)29/h4-8,11,23H,3,10,12-13H2,1-2H3,(H2,25,29)(H,26,30). The van der Waals surface area contributed by atoms with Gasteiger partial charge in [-0.05, 0) is 49.3 Å². The Bertz CT molecular complexity index is 1080. The van der Waals surface area contributed by atoms with Gasteiger partial charge in [-0.15, -0.1) is 0 Å². The molecule has 9 nitrogen and oxygen atoms in total. The largest absolute Gasteiger partial charge is 0.483 e. The molecule has 1 unspecified atom stereocenters. The Morgan fingerprint density at radius 1 is 1.34 bits per heavy atom. The molecule has 166 valence electrons. The van der Waals surface area contributed by atoms with E-state index in [1.165, 1.54) is 12.1 Å². The topological polar surface area (TPSA) is 135 Å². The minimum atomic E-state index is -0.893. The Morgan fingerprint density at radius 2 is 2.12 bits per heavy atom. The average Bonchev–Trinajstić information content (AvgIpc) is 3.21. The van der Waals surface area contributed by atoms with Crippen LogP contribution in [0.2, 0.25) is 0 Å². The number of primary amides is 1. The molecule has 0 radical (unpaired) electrons. The number of rotatable bonds is 9. The first-order valence-electron chi connectivity index (χ1n) is 10.1. The van der Waals surface area contributed by atoms with E-state index in [4.69, 9.17) is 20.5 Å². The van der Waals surface area contributed by atoms with Gasteiger partial charge < -0.3 is 25.4 Å². The molecule has 9 heteroatoms. The fraction of sp³-hybridized carbons (Fsp3) is 0.304. The summed E-state index contributed by atoms with van der Waals surface area (Å²) in [5.41, 5.74) is 8.49. The molecule has 0 bridgehead atoms. The summed E-state index contributed by atoms with van der Waals surface area (Å²) < 4.78 is 11.1. The number of fused-ring (bicyclic) bond motifs is 1. The number of ether oxygens (including phenoxy) is 2. The van der Waals surface area contributed by atoms with Crippen molar-refractivity contribution in [2.24, 2.45) is 5.73 Å². The highest BCUT2D eigenvalue weighted by Gasteiger charge is 2.32. The van der Waals surface area contributed by atoms with Crippen LogP contribution in [-0.2, 0) is 25.7 Å². The van der Waals surface area contributed by atoms with Gasteiger partial charge in [0.15, 0.2) is 12.4 Å². The summed E-state index contributed by atoms with van der Waals surface area (Å²) >= 11 is 0. The van der Waals surface area contributed by atoms with Crippen LogP contribution >= 0.6 is 0 Å². The van der Waals surface area contributed by atoms with Crippen molar-refractivity contribution < 1.29 is 23.9 Å². The molecular formula is C23H24N4O5. The fourth-order valence-corrected chi connectivity index (χ4v) is 3.45. The van der Waals surface area contributed by atoms with Crippen LogP contribution in [0.4, 0.5) is 0 Å². The van der Waals surface area contributed by atoms with Gasteiger partial charge in [-0.2, -0.15) is 5.26 Å². The number of hydrogen-bond acceptors (Lipinski definition) is 7. The van der Waals surface area contributed by atoms with Crippen LogP contribution in [-0.4, -0.2) is 48.5 Å². The Labute approximate surface area is 185 Å². The summed E-state index contributed by atoms with van der Waals surface area (Å²) in [6.07, 6.45) is 4.17. The molecule has 32 heavy (non-hydrogen) atoms. The SMILES string of the molecule is CCOC(C(=O)NCc1ccc(C#N)cc1OCC(N)=O)N1C=C2C=CC(=O)C(C)=C2C1. The smallest absolute Gasteiger partial charge is 0.270 e. The van der Waals surface area contributed by atoms with Gasteiger partial charge in [0, 0.05) is 37.0 Å². The molecule has 1 aliphatic carbocycles. The van der Waals surface area contributed by atoms with Crippen molar-refractivity contribution in [3.05, 3.63) is 64.4 Å². The first-order chi connectivity index (χ1) is 15.3. The number of nitriles is 1. The molecule has 1 atom stereocenters. The maximum Gasteiger partial charge on any atom is 0.270 e. The molecule has 1 aliphatic heterocycles. The predicted molar refractivity (Wildman–Crippen MR) is 115 cm³/mol. The van der Waals surface area contributed by atoms with Gasteiger partial charge in [0.25, 0.3) is 11.8 Å². The van der Waals surface area contributed by atoms with Gasteiger partial charge in [0.05, 0.1) is 11.6 Å². The molecule has 2 aliphatic rings. The molecule has 0 saturated heterocycles. The van der Waals surface area contributed by atoms with Crippen molar-refractivity contribution in [2.45, 2.75) is 26.6 Å². The highest BCUT2D eigenvalue weighted by atomic mass is 16.5. The summed E-state index contributed by atoms with van der Waals surface area (Å²) in [4.78, 5) is 37.7. The maximum atomic E-state index is 13.0. The number of nitrogens with two attached hydrogens (primary N) is 1. The second-order valence-corrected chi connectivity index (χ2v) is 7.27. The van der Waals surface area contributed by atoms with E-state index in [0.29, 0.717) is 29.9 Å². The maximum absolute atomic E-state index is 13.0. The molecule has 1 heterocycles. The lowest BCUT2D eigenvalue weighted by molar-refractivity contribution is -0.142. The van der Waals surface area contributed by atoms with Crippen molar-refractivity contribution in [1.29, 1.82) is 5.26 Å². The number of ketones is 1.